The Morgan fingerprint density at radius 1 is 1.40 bits per heavy atom. The first-order valence-corrected chi connectivity index (χ1v) is 7.99. The number of piperidine rings is 1. The average molecular weight is 288 g/mol. The van der Waals surface area contributed by atoms with Crippen LogP contribution in [-0.2, 0) is 6.54 Å². The zero-order chi connectivity index (χ0) is 13.8. The summed E-state index contributed by atoms with van der Waals surface area (Å²) in [6.07, 6.45) is 6.05. The van der Waals surface area contributed by atoms with Gasteiger partial charge in [0.2, 0.25) is 5.95 Å². The topological polar surface area (TPSA) is 41.0 Å². The van der Waals surface area contributed by atoms with Crippen LogP contribution >= 0.6 is 11.3 Å². The Morgan fingerprint density at radius 2 is 2.25 bits per heavy atom. The minimum absolute atomic E-state index is 0.522. The molecule has 3 rings (SSSR count). The monoisotopic (exact) mass is 288 g/mol. The van der Waals surface area contributed by atoms with Gasteiger partial charge in [-0.25, -0.2) is 9.97 Å². The lowest BCUT2D eigenvalue weighted by atomic mass is 10.1. The molecular formula is C15H20N4S. The number of nitrogens with one attached hydrogen (secondary N) is 1. The molecular weight excluding hydrogens is 268 g/mol. The standard InChI is InChI=1S/C15H20N4S/c1-12-5-9-20-14(12)10-18-13-4-2-8-19(11-13)15-16-6-3-7-17-15/h3,5-7,9,13,18H,2,4,8,10-11H2,1H3. The quantitative estimate of drug-likeness (QED) is 0.939. The molecule has 2 aromatic heterocycles. The molecule has 20 heavy (non-hydrogen) atoms. The molecule has 1 fully saturated rings. The second-order valence-electron chi connectivity index (χ2n) is 5.24. The van der Waals surface area contributed by atoms with Gasteiger partial charge in [0.05, 0.1) is 0 Å². The van der Waals surface area contributed by atoms with Crippen LogP contribution in [0.3, 0.4) is 0 Å². The molecule has 1 aliphatic heterocycles. The first-order valence-electron chi connectivity index (χ1n) is 7.11. The van der Waals surface area contributed by atoms with Crippen LogP contribution < -0.4 is 10.2 Å². The molecule has 0 aromatic carbocycles. The number of aryl methyl sites for hydroxylation is 1. The second kappa shape index (κ2) is 6.33. The summed E-state index contributed by atoms with van der Waals surface area (Å²) in [5.74, 6) is 0.853. The third-order valence-corrected chi connectivity index (χ3v) is 4.80. The van der Waals surface area contributed by atoms with Gasteiger partial charge in [-0.2, -0.15) is 0 Å². The summed E-state index contributed by atoms with van der Waals surface area (Å²) in [7, 11) is 0. The minimum atomic E-state index is 0.522. The van der Waals surface area contributed by atoms with Crippen LogP contribution in [0.5, 0.6) is 0 Å². The lowest BCUT2D eigenvalue weighted by molar-refractivity contribution is 0.419. The van der Waals surface area contributed by atoms with Crippen molar-refractivity contribution in [2.24, 2.45) is 0 Å². The van der Waals surface area contributed by atoms with E-state index in [2.05, 4.69) is 38.6 Å². The van der Waals surface area contributed by atoms with Crippen molar-refractivity contribution in [2.45, 2.75) is 32.4 Å². The van der Waals surface area contributed by atoms with Crippen molar-refractivity contribution < 1.29 is 0 Å². The Balaban J connectivity index is 1.57. The molecule has 0 radical (unpaired) electrons. The average Bonchev–Trinajstić information content (AvgIpc) is 2.92. The second-order valence-corrected chi connectivity index (χ2v) is 6.24. The highest BCUT2D eigenvalue weighted by Gasteiger charge is 2.21. The molecule has 1 aliphatic rings. The fourth-order valence-corrected chi connectivity index (χ4v) is 3.46. The zero-order valence-corrected chi connectivity index (χ0v) is 12.6. The van der Waals surface area contributed by atoms with Crippen LogP contribution in [0.4, 0.5) is 5.95 Å². The van der Waals surface area contributed by atoms with Crippen molar-refractivity contribution in [1.82, 2.24) is 15.3 Å². The van der Waals surface area contributed by atoms with E-state index < -0.39 is 0 Å². The Kier molecular flexibility index (Phi) is 4.28. The maximum atomic E-state index is 4.35. The highest BCUT2D eigenvalue weighted by Crippen LogP contribution is 2.18. The van der Waals surface area contributed by atoms with Gasteiger partial charge in [0, 0.05) is 42.9 Å². The first-order chi connectivity index (χ1) is 9.83. The van der Waals surface area contributed by atoms with Gasteiger partial charge in [0.25, 0.3) is 0 Å². The van der Waals surface area contributed by atoms with Crippen molar-refractivity contribution in [1.29, 1.82) is 0 Å². The van der Waals surface area contributed by atoms with Crippen LogP contribution in [0.15, 0.2) is 29.9 Å². The maximum absolute atomic E-state index is 4.35. The van der Waals surface area contributed by atoms with E-state index in [4.69, 9.17) is 0 Å². The summed E-state index contributed by atoms with van der Waals surface area (Å²) in [6, 6.07) is 4.57. The maximum Gasteiger partial charge on any atom is 0.225 e. The number of rotatable bonds is 4. The van der Waals surface area contributed by atoms with Crippen LogP contribution in [0.1, 0.15) is 23.3 Å². The number of anilines is 1. The van der Waals surface area contributed by atoms with E-state index in [0.717, 1.165) is 25.6 Å². The summed E-state index contributed by atoms with van der Waals surface area (Å²) < 4.78 is 0. The highest BCUT2D eigenvalue weighted by atomic mass is 32.1. The van der Waals surface area contributed by atoms with Gasteiger partial charge in [-0.15, -0.1) is 11.3 Å². The number of hydrogen-bond donors (Lipinski definition) is 1. The highest BCUT2D eigenvalue weighted by molar-refractivity contribution is 7.10. The van der Waals surface area contributed by atoms with E-state index in [9.17, 15) is 0 Å². The minimum Gasteiger partial charge on any atom is -0.339 e. The van der Waals surface area contributed by atoms with Crippen LogP contribution in [-0.4, -0.2) is 29.1 Å². The number of hydrogen-bond acceptors (Lipinski definition) is 5. The third-order valence-electron chi connectivity index (χ3n) is 3.78. The molecule has 4 nitrogen and oxygen atoms in total. The fraction of sp³-hybridized carbons (Fsp3) is 0.467. The van der Waals surface area contributed by atoms with Gasteiger partial charge in [0.1, 0.15) is 0 Å². The van der Waals surface area contributed by atoms with Crippen LogP contribution in [0.25, 0.3) is 0 Å². The van der Waals surface area contributed by atoms with Crippen molar-refractivity contribution >= 4 is 17.3 Å². The zero-order valence-electron chi connectivity index (χ0n) is 11.7. The number of nitrogens with zero attached hydrogens (tertiary/aromatic N) is 3. The predicted octanol–water partition coefficient (Wildman–Crippen LogP) is 2.61. The summed E-state index contributed by atoms with van der Waals surface area (Å²) in [4.78, 5) is 12.4. The van der Waals surface area contributed by atoms with E-state index in [0.29, 0.717) is 6.04 Å². The number of aromatic nitrogens is 2. The van der Waals surface area contributed by atoms with Gasteiger partial charge >= 0.3 is 0 Å². The Bertz CT molecular complexity index is 540. The molecule has 1 N–H and O–H groups in total. The molecule has 0 aliphatic carbocycles. The van der Waals surface area contributed by atoms with Crippen molar-refractivity contribution in [3.63, 3.8) is 0 Å². The first kappa shape index (κ1) is 13.5. The smallest absolute Gasteiger partial charge is 0.225 e. The molecule has 2 aromatic rings. The largest absolute Gasteiger partial charge is 0.339 e. The fourth-order valence-electron chi connectivity index (χ4n) is 2.60. The van der Waals surface area contributed by atoms with E-state index >= 15 is 0 Å². The molecule has 0 saturated carbocycles. The molecule has 1 unspecified atom stereocenters. The molecule has 1 saturated heterocycles. The van der Waals surface area contributed by atoms with E-state index in [-0.39, 0.29) is 0 Å². The summed E-state index contributed by atoms with van der Waals surface area (Å²) in [5.41, 5.74) is 1.39. The summed E-state index contributed by atoms with van der Waals surface area (Å²) in [5, 5.41) is 5.84. The van der Waals surface area contributed by atoms with Gasteiger partial charge in [-0.3, -0.25) is 0 Å². The van der Waals surface area contributed by atoms with Crippen molar-refractivity contribution in [2.75, 3.05) is 18.0 Å². The van der Waals surface area contributed by atoms with E-state index in [1.54, 1.807) is 0 Å². The normalized spacial score (nSPS) is 19.2. The van der Waals surface area contributed by atoms with Crippen LogP contribution in [0.2, 0.25) is 0 Å². The lowest BCUT2D eigenvalue weighted by Gasteiger charge is -2.33. The molecule has 3 heterocycles. The summed E-state index contributed by atoms with van der Waals surface area (Å²) in [6.45, 7) is 5.20. The molecule has 106 valence electrons. The molecule has 0 spiro atoms. The third kappa shape index (κ3) is 3.16. The van der Waals surface area contributed by atoms with E-state index in [1.165, 1.54) is 23.3 Å². The SMILES string of the molecule is Cc1ccsc1CNC1CCCN(c2ncccn2)C1. The lowest BCUT2D eigenvalue weighted by Crippen LogP contribution is -2.46. The molecule has 5 heteroatoms. The van der Waals surface area contributed by atoms with Gasteiger partial charge in [-0.05, 0) is 42.8 Å². The van der Waals surface area contributed by atoms with Gasteiger partial charge < -0.3 is 10.2 Å². The predicted molar refractivity (Wildman–Crippen MR) is 83.2 cm³/mol. The van der Waals surface area contributed by atoms with E-state index in [1.807, 2.05) is 29.8 Å². The van der Waals surface area contributed by atoms with Crippen molar-refractivity contribution in [3.8, 4) is 0 Å². The molecule has 0 amide bonds. The molecule has 0 bridgehead atoms. The Hall–Kier alpha value is -1.46. The van der Waals surface area contributed by atoms with Gasteiger partial charge in [0.15, 0.2) is 0 Å². The number of thiophene rings is 1. The Labute approximate surface area is 123 Å². The Morgan fingerprint density at radius 3 is 3.00 bits per heavy atom. The van der Waals surface area contributed by atoms with Gasteiger partial charge in [-0.1, -0.05) is 0 Å². The van der Waals surface area contributed by atoms with Crippen LogP contribution in [0, 0.1) is 6.92 Å². The molecule has 1 atom stereocenters. The summed E-state index contributed by atoms with van der Waals surface area (Å²) >= 11 is 1.83. The van der Waals surface area contributed by atoms with Crippen molar-refractivity contribution in [3.05, 3.63) is 40.3 Å².